The van der Waals surface area contributed by atoms with Crippen molar-refractivity contribution in [2.45, 2.75) is 31.4 Å². The molecule has 1 N–H and O–H groups in total. The molecule has 0 saturated carbocycles. The summed E-state index contributed by atoms with van der Waals surface area (Å²) in [5.41, 5.74) is -0.266. The Morgan fingerprint density at radius 1 is 1.22 bits per heavy atom. The Morgan fingerprint density at radius 3 is 2.50 bits per heavy atom. The number of alkyl halides is 2. The summed E-state index contributed by atoms with van der Waals surface area (Å²) < 4.78 is 60.8. The van der Waals surface area contributed by atoms with Crippen LogP contribution in [0.25, 0.3) is 0 Å². The highest BCUT2D eigenvalue weighted by Gasteiger charge is 2.34. The van der Waals surface area contributed by atoms with Crippen LogP contribution in [0.4, 0.5) is 33.7 Å². The predicted octanol–water partition coefficient (Wildman–Crippen LogP) is 1.50. The van der Waals surface area contributed by atoms with Crippen molar-refractivity contribution < 1.29 is 31.9 Å². The summed E-state index contributed by atoms with van der Waals surface area (Å²) in [6, 6.07) is 2.08. The molecule has 172 valence electrons. The Balaban J connectivity index is 1.42. The zero-order chi connectivity index (χ0) is 22.8. The smallest absolute Gasteiger partial charge is 0.414 e. The number of aromatic nitrogens is 4. The van der Waals surface area contributed by atoms with Crippen LogP contribution in [-0.2, 0) is 9.53 Å². The molecule has 0 spiro atoms. The van der Waals surface area contributed by atoms with Gasteiger partial charge in [-0.25, -0.2) is 18.3 Å². The Labute approximate surface area is 179 Å². The predicted molar refractivity (Wildman–Crippen MR) is 101 cm³/mol. The van der Waals surface area contributed by atoms with Crippen molar-refractivity contribution in [2.24, 2.45) is 0 Å². The zero-order valence-corrected chi connectivity index (χ0v) is 16.6. The first-order chi connectivity index (χ1) is 15.3. The van der Waals surface area contributed by atoms with Crippen molar-refractivity contribution in [1.29, 1.82) is 0 Å². The lowest BCUT2D eigenvalue weighted by atomic mass is 10.0. The number of piperidine rings is 1. The molecule has 2 aromatic rings. The zero-order valence-electron chi connectivity index (χ0n) is 16.6. The molecule has 0 radical (unpaired) electrons. The average Bonchev–Trinajstić information content (AvgIpc) is 3.42. The van der Waals surface area contributed by atoms with Crippen LogP contribution >= 0.6 is 0 Å². The lowest BCUT2D eigenvalue weighted by molar-refractivity contribution is -0.132. The Bertz CT molecular complexity index is 960. The van der Waals surface area contributed by atoms with Crippen LogP contribution in [0.3, 0.4) is 0 Å². The van der Waals surface area contributed by atoms with Gasteiger partial charge in [0.1, 0.15) is 18.1 Å². The molecule has 1 aromatic heterocycles. The molecule has 1 aromatic carbocycles. The standard InChI is InChI=1S/C18H19F4N7O3/c19-13-5-11(28-8-12(32-18(28)31)7-23-17(30)16(21)22)6-14(20)15(13)27-3-1-10(2-4-27)29-9-24-25-26-29/h5-6,9-10,12,16H,1-4,7-8H2,(H,23,30). The highest BCUT2D eigenvalue weighted by molar-refractivity contribution is 5.90. The largest absolute Gasteiger partial charge is 0.442 e. The van der Waals surface area contributed by atoms with Crippen LogP contribution in [-0.4, -0.2) is 70.9 Å². The molecular weight excluding hydrogens is 438 g/mol. The number of rotatable bonds is 6. The molecule has 1 atom stereocenters. The fourth-order valence-electron chi connectivity index (χ4n) is 3.83. The maximum atomic E-state index is 14.8. The van der Waals surface area contributed by atoms with E-state index in [0.29, 0.717) is 25.9 Å². The van der Waals surface area contributed by atoms with Crippen LogP contribution in [0.5, 0.6) is 0 Å². The van der Waals surface area contributed by atoms with Crippen molar-refractivity contribution in [2.75, 3.05) is 36.0 Å². The molecule has 32 heavy (non-hydrogen) atoms. The van der Waals surface area contributed by atoms with E-state index in [0.717, 1.165) is 17.0 Å². The van der Waals surface area contributed by atoms with E-state index < -0.39 is 36.2 Å². The second-order valence-electron chi connectivity index (χ2n) is 7.43. The number of halogens is 4. The van der Waals surface area contributed by atoms with Gasteiger partial charge in [-0.15, -0.1) is 5.10 Å². The number of benzene rings is 1. The van der Waals surface area contributed by atoms with Crippen LogP contribution in [0.1, 0.15) is 18.9 Å². The SMILES string of the molecule is O=C(NCC1CN(c2cc(F)c(N3CCC(n4cnnn4)CC3)c(F)c2)C(=O)O1)C(F)F. The number of hydrogen-bond donors (Lipinski definition) is 1. The minimum atomic E-state index is -3.20. The van der Waals surface area contributed by atoms with E-state index in [1.54, 1.807) is 9.58 Å². The number of tetrazole rings is 1. The Hall–Kier alpha value is -3.45. The van der Waals surface area contributed by atoms with E-state index in [2.05, 4.69) is 15.5 Å². The van der Waals surface area contributed by atoms with Gasteiger partial charge in [-0.2, -0.15) is 8.78 Å². The Morgan fingerprint density at radius 2 is 1.91 bits per heavy atom. The van der Waals surface area contributed by atoms with Gasteiger partial charge in [-0.05, 0) is 23.3 Å². The number of amides is 2. The normalized spacial score (nSPS) is 19.5. The maximum Gasteiger partial charge on any atom is 0.414 e. The van der Waals surface area contributed by atoms with E-state index in [1.165, 1.54) is 6.33 Å². The molecule has 10 nitrogen and oxygen atoms in total. The van der Waals surface area contributed by atoms with E-state index in [4.69, 9.17) is 4.74 Å². The molecule has 14 heteroatoms. The van der Waals surface area contributed by atoms with Crippen LogP contribution in [0.2, 0.25) is 0 Å². The lowest BCUT2D eigenvalue weighted by Crippen LogP contribution is -2.37. The molecule has 4 rings (SSSR count). The first kappa shape index (κ1) is 21.8. The number of carbonyl (C=O) groups excluding carboxylic acids is 2. The number of hydrogen-bond acceptors (Lipinski definition) is 7. The topological polar surface area (TPSA) is 105 Å². The van der Waals surface area contributed by atoms with E-state index in [9.17, 15) is 27.2 Å². The number of cyclic esters (lactones) is 1. The third kappa shape index (κ3) is 4.43. The fourth-order valence-corrected chi connectivity index (χ4v) is 3.83. The van der Waals surface area contributed by atoms with Gasteiger partial charge in [0.25, 0.3) is 5.91 Å². The molecule has 2 saturated heterocycles. The molecule has 2 aliphatic rings. The fraction of sp³-hybridized carbons (Fsp3) is 0.500. The summed E-state index contributed by atoms with van der Waals surface area (Å²) >= 11 is 0. The molecule has 3 heterocycles. The summed E-state index contributed by atoms with van der Waals surface area (Å²) in [6.07, 6.45) is -2.34. The average molecular weight is 457 g/mol. The highest BCUT2D eigenvalue weighted by Crippen LogP contribution is 2.33. The van der Waals surface area contributed by atoms with Crippen molar-refractivity contribution >= 4 is 23.4 Å². The quantitative estimate of drug-likeness (QED) is 0.656. The summed E-state index contributed by atoms with van der Waals surface area (Å²) in [4.78, 5) is 25.6. The summed E-state index contributed by atoms with van der Waals surface area (Å²) in [6.45, 7) is 0.271. The molecular formula is C18H19F4N7O3. The first-order valence-corrected chi connectivity index (χ1v) is 9.84. The second-order valence-corrected chi connectivity index (χ2v) is 7.43. The van der Waals surface area contributed by atoms with Crippen LogP contribution in [0.15, 0.2) is 18.5 Å². The molecule has 2 amide bonds. The summed E-state index contributed by atoms with van der Waals surface area (Å²) in [5, 5.41) is 13.0. The van der Waals surface area contributed by atoms with E-state index in [-0.39, 0.29) is 30.5 Å². The minimum Gasteiger partial charge on any atom is -0.442 e. The van der Waals surface area contributed by atoms with E-state index >= 15 is 0 Å². The van der Waals surface area contributed by atoms with Crippen molar-refractivity contribution in [1.82, 2.24) is 25.5 Å². The van der Waals surface area contributed by atoms with E-state index in [1.807, 2.05) is 5.32 Å². The van der Waals surface area contributed by atoms with Crippen molar-refractivity contribution in [3.8, 4) is 0 Å². The molecule has 0 aliphatic carbocycles. The highest BCUT2D eigenvalue weighted by atomic mass is 19.3. The van der Waals surface area contributed by atoms with Gasteiger partial charge < -0.3 is 15.0 Å². The van der Waals surface area contributed by atoms with Gasteiger partial charge in [0.2, 0.25) is 0 Å². The van der Waals surface area contributed by atoms with Gasteiger partial charge in [-0.1, -0.05) is 0 Å². The number of nitrogens with zero attached hydrogens (tertiary/aromatic N) is 6. The monoisotopic (exact) mass is 457 g/mol. The molecule has 2 aliphatic heterocycles. The second kappa shape index (κ2) is 8.96. The molecule has 0 bridgehead atoms. The van der Waals surface area contributed by atoms with Gasteiger partial charge in [0.05, 0.1) is 24.8 Å². The number of anilines is 2. The third-order valence-corrected chi connectivity index (χ3v) is 5.41. The molecule has 2 fully saturated rings. The number of nitrogens with one attached hydrogen (secondary N) is 1. The van der Waals surface area contributed by atoms with Crippen LogP contribution in [0, 0.1) is 11.6 Å². The lowest BCUT2D eigenvalue weighted by Gasteiger charge is -2.33. The van der Waals surface area contributed by atoms with Gasteiger partial charge >= 0.3 is 12.5 Å². The number of ether oxygens (including phenoxy) is 1. The van der Waals surface area contributed by atoms with Crippen LogP contribution < -0.4 is 15.1 Å². The van der Waals surface area contributed by atoms with Gasteiger partial charge in [0, 0.05) is 25.2 Å². The first-order valence-electron chi connectivity index (χ1n) is 9.84. The Kier molecular flexibility index (Phi) is 6.10. The summed E-state index contributed by atoms with van der Waals surface area (Å²) in [7, 11) is 0. The summed E-state index contributed by atoms with van der Waals surface area (Å²) in [5.74, 6) is -3.18. The third-order valence-electron chi connectivity index (χ3n) is 5.41. The van der Waals surface area contributed by atoms with Crippen molar-refractivity contribution in [3.63, 3.8) is 0 Å². The molecule has 1 unspecified atom stereocenters. The van der Waals surface area contributed by atoms with Gasteiger partial charge in [0.15, 0.2) is 11.6 Å². The maximum absolute atomic E-state index is 14.8. The van der Waals surface area contributed by atoms with Gasteiger partial charge in [-0.3, -0.25) is 9.69 Å². The van der Waals surface area contributed by atoms with Crippen molar-refractivity contribution in [3.05, 3.63) is 30.1 Å². The minimum absolute atomic E-state index is 0.0357. The number of carbonyl (C=O) groups is 2.